The van der Waals surface area contributed by atoms with Crippen molar-refractivity contribution in [3.05, 3.63) is 0 Å². The van der Waals surface area contributed by atoms with Crippen molar-refractivity contribution in [1.82, 2.24) is 9.80 Å². The van der Waals surface area contributed by atoms with Crippen molar-refractivity contribution in [3.63, 3.8) is 0 Å². The van der Waals surface area contributed by atoms with E-state index in [1.54, 1.807) is 0 Å². The highest BCUT2D eigenvalue weighted by molar-refractivity contribution is 4.84. The Kier molecular flexibility index (Phi) is 6.32. The Labute approximate surface area is 121 Å². The maximum absolute atomic E-state index is 2.67. The number of nitrogens with zero attached hydrogens (tertiary/aromatic N) is 2. The molecule has 2 nitrogen and oxygen atoms in total. The largest absolute Gasteiger partial charge is 0.301 e. The first kappa shape index (κ1) is 17.0. The zero-order chi connectivity index (χ0) is 14.5. The lowest BCUT2D eigenvalue weighted by Gasteiger charge is -2.43. The summed E-state index contributed by atoms with van der Waals surface area (Å²) in [6, 6.07) is 0. The van der Waals surface area contributed by atoms with Crippen LogP contribution < -0.4 is 0 Å². The summed E-state index contributed by atoms with van der Waals surface area (Å²) in [5.74, 6) is 0. The Bertz CT molecular complexity index is 244. The minimum absolute atomic E-state index is 0.387. The Balaban J connectivity index is 2.17. The van der Waals surface area contributed by atoms with Crippen molar-refractivity contribution in [3.8, 4) is 0 Å². The van der Waals surface area contributed by atoms with E-state index in [0.717, 1.165) is 0 Å². The normalized spacial score (nSPS) is 19.9. The van der Waals surface area contributed by atoms with Crippen LogP contribution >= 0.6 is 0 Å². The molecule has 0 atom stereocenters. The standard InChI is InChI=1S/C17H36N2/c1-7-17(5,6)19-14-12-18(13-15-19)11-9-8-10-16(2,3)4/h7-15H2,1-6H3. The van der Waals surface area contributed by atoms with E-state index in [1.807, 2.05) is 0 Å². The van der Waals surface area contributed by atoms with Crippen molar-refractivity contribution >= 4 is 0 Å². The first-order valence-corrected chi connectivity index (χ1v) is 8.22. The summed E-state index contributed by atoms with van der Waals surface area (Å²) in [4.78, 5) is 5.32. The fraction of sp³-hybridized carbons (Fsp3) is 1.00. The maximum Gasteiger partial charge on any atom is 0.0151 e. The van der Waals surface area contributed by atoms with Gasteiger partial charge in [-0.1, -0.05) is 34.1 Å². The highest BCUT2D eigenvalue weighted by Crippen LogP contribution is 2.22. The molecule has 0 aromatic carbocycles. The molecule has 1 aliphatic heterocycles. The molecule has 0 bridgehead atoms. The van der Waals surface area contributed by atoms with Crippen LogP contribution in [0.5, 0.6) is 0 Å². The van der Waals surface area contributed by atoms with Crippen LogP contribution in [-0.2, 0) is 0 Å². The van der Waals surface area contributed by atoms with E-state index < -0.39 is 0 Å². The molecule has 114 valence electrons. The zero-order valence-electron chi connectivity index (χ0n) is 14.3. The second-order valence-corrected chi connectivity index (χ2v) is 8.01. The van der Waals surface area contributed by atoms with E-state index in [1.165, 1.54) is 58.4 Å². The van der Waals surface area contributed by atoms with E-state index in [2.05, 4.69) is 51.3 Å². The summed E-state index contributed by atoms with van der Waals surface area (Å²) in [5, 5.41) is 0. The van der Waals surface area contributed by atoms with Gasteiger partial charge in [-0.2, -0.15) is 0 Å². The van der Waals surface area contributed by atoms with Gasteiger partial charge in [0.15, 0.2) is 0 Å². The maximum atomic E-state index is 2.67. The van der Waals surface area contributed by atoms with Gasteiger partial charge in [-0.3, -0.25) is 4.90 Å². The monoisotopic (exact) mass is 268 g/mol. The molecule has 1 fully saturated rings. The molecule has 0 spiro atoms. The van der Waals surface area contributed by atoms with E-state index in [-0.39, 0.29) is 0 Å². The molecule has 0 aromatic heterocycles. The summed E-state index contributed by atoms with van der Waals surface area (Å²) in [6.45, 7) is 20.4. The number of hydrogen-bond donors (Lipinski definition) is 0. The topological polar surface area (TPSA) is 6.48 Å². The van der Waals surface area contributed by atoms with Gasteiger partial charge in [-0.05, 0) is 45.1 Å². The van der Waals surface area contributed by atoms with E-state index in [4.69, 9.17) is 0 Å². The fourth-order valence-corrected chi connectivity index (χ4v) is 2.79. The molecule has 1 saturated heterocycles. The third-order valence-corrected chi connectivity index (χ3v) is 4.74. The average molecular weight is 268 g/mol. The predicted molar refractivity (Wildman–Crippen MR) is 85.7 cm³/mol. The highest BCUT2D eigenvalue weighted by atomic mass is 15.3. The van der Waals surface area contributed by atoms with Gasteiger partial charge in [-0.15, -0.1) is 0 Å². The van der Waals surface area contributed by atoms with Crippen LogP contribution in [-0.4, -0.2) is 48.1 Å². The molecule has 0 aliphatic carbocycles. The van der Waals surface area contributed by atoms with Gasteiger partial charge in [0.25, 0.3) is 0 Å². The minimum Gasteiger partial charge on any atom is -0.301 e. The molecule has 0 N–H and O–H groups in total. The van der Waals surface area contributed by atoms with Crippen LogP contribution in [0.4, 0.5) is 0 Å². The minimum atomic E-state index is 0.387. The van der Waals surface area contributed by atoms with Gasteiger partial charge in [0, 0.05) is 31.7 Å². The van der Waals surface area contributed by atoms with Gasteiger partial charge >= 0.3 is 0 Å². The summed E-state index contributed by atoms with van der Waals surface area (Å²) in [6.07, 6.45) is 5.35. The van der Waals surface area contributed by atoms with Crippen LogP contribution in [0.3, 0.4) is 0 Å². The Morgan fingerprint density at radius 3 is 1.89 bits per heavy atom. The number of hydrogen-bond acceptors (Lipinski definition) is 2. The molecule has 0 saturated carbocycles. The molecule has 0 aromatic rings. The van der Waals surface area contributed by atoms with Gasteiger partial charge in [0.2, 0.25) is 0 Å². The molecular formula is C17H36N2. The van der Waals surface area contributed by atoms with Crippen LogP contribution in [0.15, 0.2) is 0 Å². The van der Waals surface area contributed by atoms with Crippen LogP contribution in [0.1, 0.15) is 67.2 Å². The second kappa shape index (κ2) is 7.08. The Morgan fingerprint density at radius 1 is 0.842 bits per heavy atom. The molecule has 1 rings (SSSR count). The SMILES string of the molecule is CCC(C)(C)N1CCN(CCCCC(C)(C)C)CC1. The third kappa shape index (κ3) is 6.27. The highest BCUT2D eigenvalue weighted by Gasteiger charge is 2.27. The smallest absolute Gasteiger partial charge is 0.0151 e. The Hall–Kier alpha value is -0.0800. The van der Waals surface area contributed by atoms with Gasteiger partial charge < -0.3 is 4.90 Å². The number of rotatable bonds is 6. The number of unbranched alkanes of at least 4 members (excludes halogenated alkanes) is 1. The van der Waals surface area contributed by atoms with Crippen LogP contribution in [0, 0.1) is 5.41 Å². The first-order valence-electron chi connectivity index (χ1n) is 8.22. The third-order valence-electron chi connectivity index (χ3n) is 4.74. The molecule has 1 aliphatic rings. The summed E-state index contributed by atoms with van der Waals surface area (Å²) < 4.78 is 0. The van der Waals surface area contributed by atoms with Crippen molar-refractivity contribution < 1.29 is 0 Å². The molecular weight excluding hydrogens is 232 g/mol. The summed E-state index contributed by atoms with van der Waals surface area (Å²) >= 11 is 0. The molecule has 0 amide bonds. The van der Waals surface area contributed by atoms with Crippen molar-refractivity contribution in [1.29, 1.82) is 0 Å². The van der Waals surface area contributed by atoms with Crippen LogP contribution in [0.2, 0.25) is 0 Å². The molecule has 2 heteroatoms. The molecule has 19 heavy (non-hydrogen) atoms. The van der Waals surface area contributed by atoms with Crippen molar-refractivity contribution in [2.75, 3.05) is 32.7 Å². The predicted octanol–water partition coefficient (Wildman–Crippen LogP) is 4.01. The molecule has 0 radical (unpaired) electrons. The first-order chi connectivity index (χ1) is 8.74. The molecule has 1 heterocycles. The van der Waals surface area contributed by atoms with Gasteiger partial charge in [-0.25, -0.2) is 0 Å². The second-order valence-electron chi connectivity index (χ2n) is 8.01. The lowest BCUT2D eigenvalue weighted by Crippen LogP contribution is -2.54. The zero-order valence-corrected chi connectivity index (χ0v) is 14.3. The lowest BCUT2D eigenvalue weighted by molar-refractivity contribution is 0.0491. The summed E-state index contributed by atoms with van der Waals surface area (Å²) in [5.41, 5.74) is 0.891. The van der Waals surface area contributed by atoms with Crippen LogP contribution in [0.25, 0.3) is 0 Å². The fourth-order valence-electron chi connectivity index (χ4n) is 2.79. The molecule has 0 unspecified atom stereocenters. The van der Waals surface area contributed by atoms with Gasteiger partial charge in [0.1, 0.15) is 0 Å². The van der Waals surface area contributed by atoms with Crippen molar-refractivity contribution in [2.45, 2.75) is 72.8 Å². The van der Waals surface area contributed by atoms with E-state index in [9.17, 15) is 0 Å². The summed E-state index contributed by atoms with van der Waals surface area (Å²) in [7, 11) is 0. The lowest BCUT2D eigenvalue weighted by atomic mass is 9.90. The Morgan fingerprint density at radius 2 is 1.42 bits per heavy atom. The van der Waals surface area contributed by atoms with E-state index in [0.29, 0.717) is 11.0 Å². The van der Waals surface area contributed by atoms with E-state index >= 15 is 0 Å². The quantitative estimate of drug-likeness (QED) is 0.672. The van der Waals surface area contributed by atoms with Crippen molar-refractivity contribution in [2.24, 2.45) is 5.41 Å². The van der Waals surface area contributed by atoms with Gasteiger partial charge in [0.05, 0.1) is 0 Å². The number of piperazine rings is 1. The average Bonchev–Trinajstić information content (AvgIpc) is 2.34.